The summed E-state index contributed by atoms with van der Waals surface area (Å²) in [4.78, 5) is 27.0. The summed E-state index contributed by atoms with van der Waals surface area (Å²) in [6, 6.07) is 7.04. The molecule has 2 amide bonds. The molecule has 4 nitrogen and oxygen atoms in total. The topological polar surface area (TPSA) is 57.6 Å². The van der Waals surface area contributed by atoms with E-state index >= 15 is 0 Å². The standard InChI is InChI=1S/C20H23NO3/c1-12-9-15(22)10-13-7-8-14(11-20(12,13)2)21-18(23)16-5-3-4-6-17(16)19(21)24/h3-6,10,12,14-15,22H,7-9,11H2,1-2H3/t12?,14?,15-,20?/m0/s1. The van der Waals surface area contributed by atoms with Crippen molar-refractivity contribution >= 4 is 11.8 Å². The van der Waals surface area contributed by atoms with Crippen LogP contribution in [0.5, 0.6) is 0 Å². The first-order valence-electron chi connectivity index (χ1n) is 8.78. The first kappa shape index (κ1) is 15.6. The molecule has 0 saturated heterocycles. The predicted octanol–water partition coefficient (Wildman–Crippen LogP) is 3.17. The smallest absolute Gasteiger partial charge is 0.261 e. The highest BCUT2D eigenvalue weighted by molar-refractivity contribution is 6.21. The molecule has 24 heavy (non-hydrogen) atoms. The van der Waals surface area contributed by atoms with Crippen LogP contribution in [0.3, 0.4) is 0 Å². The maximum Gasteiger partial charge on any atom is 0.261 e. The van der Waals surface area contributed by atoms with Crippen LogP contribution in [-0.2, 0) is 0 Å². The monoisotopic (exact) mass is 325 g/mol. The SMILES string of the molecule is CC1C[C@H](O)C=C2CCC(N3C(=O)c4ccccc4C3=O)CC21C. The fourth-order valence-electron chi connectivity index (χ4n) is 4.80. The lowest BCUT2D eigenvalue weighted by molar-refractivity contribution is 0.0387. The lowest BCUT2D eigenvalue weighted by Gasteiger charge is -2.49. The molecule has 1 saturated carbocycles. The van der Waals surface area contributed by atoms with E-state index in [-0.39, 0.29) is 29.4 Å². The zero-order valence-electron chi connectivity index (χ0n) is 14.2. The first-order chi connectivity index (χ1) is 11.4. The van der Waals surface area contributed by atoms with E-state index in [2.05, 4.69) is 13.8 Å². The highest BCUT2D eigenvalue weighted by Crippen LogP contribution is 2.51. The van der Waals surface area contributed by atoms with Crippen LogP contribution >= 0.6 is 0 Å². The number of fused-ring (bicyclic) bond motifs is 2. The quantitative estimate of drug-likeness (QED) is 0.637. The minimum Gasteiger partial charge on any atom is -0.389 e. The number of carbonyl (C=O) groups excluding carboxylic acids is 2. The average molecular weight is 325 g/mol. The van der Waals surface area contributed by atoms with E-state index in [4.69, 9.17) is 0 Å². The van der Waals surface area contributed by atoms with Crippen LogP contribution < -0.4 is 0 Å². The number of allylic oxidation sites excluding steroid dienone is 1. The molecule has 1 N–H and O–H groups in total. The van der Waals surface area contributed by atoms with Crippen molar-refractivity contribution in [3.05, 3.63) is 47.0 Å². The maximum atomic E-state index is 12.8. The second kappa shape index (κ2) is 5.28. The van der Waals surface area contributed by atoms with Crippen molar-refractivity contribution in [3.8, 4) is 0 Å². The molecule has 0 bridgehead atoms. The number of hydrogen-bond donors (Lipinski definition) is 1. The van der Waals surface area contributed by atoms with Gasteiger partial charge in [-0.05, 0) is 49.1 Å². The molecule has 1 aromatic rings. The Hall–Kier alpha value is -1.94. The Morgan fingerprint density at radius 1 is 1.17 bits per heavy atom. The van der Waals surface area contributed by atoms with Gasteiger partial charge in [-0.25, -0.2) is 0 Å². The number of imide groups is 1. The van der Waals surface area contributed by atoms with Gasteiger partial charge in [-0.1, -0.05) is 37.6 Å². The highest BCUT2D eigenvalue weighted by atomic mass is 16.3. The van der Waals surface area contributed by atoms with E-state index < -0.39 is 0 Å². The van der Waals surface area contributed by atoms with E-state index in [1.54, 1.807) is 24.3 Å². The molecule has 4 atom stereocenters. The molecule has 0 aromatic heterocycles. The summed E-state index contributed by atoms with van der Waals surface area (Å²) in [6.07, 6.45) is 4.80. The molecule has 1 aliphatic heterocycles. The van der Waals surface area contributed by atoms with Gasteiger partial charge in [0.15, 0.2) is 0 Å². The molecule has 2 aliphatic carbocycles. The zero-order chi connectivity index (χ0) is 17.1. The number of benzene rings is 1. The molecular formula is C20H23NO3. The second-order valence-corrected chi connectivity index (χ2v) is 7.74. The molecule has 3 aliphatic rings. The number of aliphatic hydroxyl groups is 1. The van der Waals surface area contributed by atoms with Crippen LogP contribution in [0.15, 0.2) is 35.9 Å². The van der Waals surface area contributed by atoms with Crippen molar-refractivity contribution in [3.63, 3.8) is 0 Å². The summed E-state index contributed by atoms with van der Waals surface area (Å²) < 4.78 is 0. The van der Waals surface area contributed by atoms with Crippen LogP contribution in [0, 0.1) is 11.3 Å². The molecule has 0 radical (unpaired) electrons. The third-order valence-corrected chi connectivity index (χ3v) is 6.41. The van der Waals surface area contributed by atoms with Crippen molar-refractivity contribution in [2.75, 3.05) is 0 Å². The van der Waals surface area contributed by atoms with E-state index in [9.17, 15) is 14.7 Å². The van der Waals surface area contributed by atoms with Gasteiger partial charge in [0.2, 0.25) is 0 Å². The molecule has 4 heteroatoms. The number of aliphatic hydroxyl groups excluding tert-OH is 1. The Balaban J connectivity index is 1.65. The minimum atomic E-state index is -0.362. The summed E-state index contributed by atoms with van der Waals surface area (Å²) in [7, 11) is 0. The summed E-state index contributed by atoms with van der Waals surface area (Å²) in [6.45, 7) is 4.39. The van der Waals surface area contributed by atoms with Gasteiger partial charge in [-0.3, -0.25) is 14.5 Å². The summed E-state index contributed by atoms with van der Waals surface area (Å²) in [5.41, 5.74) is 2.31. The lowest BCUT2D eigenvalue weighted by Crippen LogP contribution is -2.48. The first-order valence-corrected chi connectivity index (χ1v) is 8.78. The van der Waals surface area contributed by atoms with Crippen molar-refractivity contribution in [1.29, 1.82) is 0 Å². The van der Waals surface area contributed by atoms with E-state index in [1.807, 2.05) is 6.08 Å². The predicted molar refractivity (Wildman–Crippen MR) is 90.6 cm³/mol. The van der Waals surface area contributed by atoms with Gasteiger partial charge in [0.05, 0.1) is 17.2 Å². The van der Waals surface area contributed by atoms with Crippen molar-refractivity contribution in [2.45, 2.75) is 51.7 Å². The highest BCUT2D eigenvalue weighted by Gasteiger charge is 2.48. The minimum absolute atomic E-state index is 0.0442. The van der Waals surface area contributed by atoms with Crippen LogP contribution in [0.25, 0.3) is 0 Å². The molecule has 126 valence electrons. The fourth-order valence-corrected chi connectivity index (χ4v) is 4.80. The van der Waals surface area contributed by atoms with Crippen molar-refractivity contribution in [1.82, 2.24) is 4.90 Å². The second-order valence-electron chi connectivity index (χ2n) is 7.74. The molecule has 0 spiro atoms. The van der Waals surface area contributed by atoms with E-state index in [1.165, 1.54) is 10.5 Å². The van der Waals surface area contributed by atoms with E-state index in [0.29, 0.717) is 17.0 Å². The van der Waals surface area contributed by atoms with Gasteiger partial charge in [0.25, 0.3) is 11.8 Å². The number of carbonyl (C=O) groups is 2. The lowest BCUT2D eigenvalue weighted by atomic mass is 9.59. The van der Waals surface area contributed by atoms with E-state index in [0.717, 1.165) is 25.7 Å². The van der Waals surface area contributed by atoms with Crippen LogP contribution in [0.4, 0.5) is 0 Å². The van der Waals surface area contributed by atoms with Crippen molar-refractivity contribution in [2.24, 2.45) is 11.3 Å². The maximum absolute atomic E-state index is 12.8. The molecule has 3 unspecified atom stereocenters. The Morgan fingerprint density at radius 2 is 1.79 bits per heavy atom. The Morgan fingerprint density at radius 3 is 2.42 bits per heavy atom. The Kier molecular flexibility index (Phi) is 3.43. The summed E-state index contributed by atoms with van der Waals surface area (Å²) >= 11 is 0. The molecule has 1 fully saturated rings. The van der Waals surface area contributed by atoms with Gasteiger partial charge in [-0.15, -0.1) is 0 Å². The third kappa shape index (κ3) is 2.09. The molecule has 4 rings (SSSR count). The Bertz CT molecular complexity index is 718. The van der Waals surface area contributed by atoms with Crippen molar-refractivity contribution < 1.29 is 14.7 Å². The fraction of sp³-hybridized carbons (Fsp3) is 0.500. The number of rotatable bonds is 1. The number of amides is 2. The third-order valence-electron chi connectivity index (χ3n) is 6.41. The number of nitrogens with zero attached hydrogens (tertiary/aromatic N) is 1. The van der Waals surface area contributed by atoms with Gasteiger partial charge >= 0.3 is 0 Å². The summed E-state index contributed by atoms with van der Waals surface area (Å²) in [5, 5.41) is 10.0. The van der Waals surface area contributed by atoms with Crippen LogP contribution in [0.1, 0.15) is 60.2 Å². The summed E-state index contributed by atoms with van der Waals surface area (Å²) in [5.74, 6) is 0.0331. The normalized spacial score (nSPS) is 35.5. The Labute approximate surface area is 142 Å². The number of hydrogen-bond acceptors (Lipinski definition) is 3. The van der Waals surface area contributed by atoms with Gasteiger partial charge in [0, 0.05) is 6.04 Å². The molecular weight excluding hydrogens is 302 g/mol. The molecule has 1 heterocycles. The zero-order valence-corrected chi connectivity index (χ0v) is 14.2. The van der Waals surface area contributed by atoms with Gasteiger partial charge in [-0.2, -0.15) is 0 Å². The largest absolute Gasteiger partial charge is 0.389 e. The van der Waals surface area contributed by atoms with Crippen LogP contribution in [0.2, 0.25) is 0 Å². The molecule has 1 aromatic carbocycles. The van der Waals surface area contributed by atoms with Gasteiger partial charge in [0.1, 0.15) is 0 Å². The average Bonchev–Trinajstić information content (AvgIpc) is 2.80. The van der Waals surface area contributed by atoms with Crippen LogP contribution in [-0.4, -0.2) is 34.0 Å². The van der Waals surface area contributed by atoms with Gasteiger partial charge < -0.3 is 5.11 Å².